The highest BCUT2D eigenvalue weighted by Crippen LogP contribution is 2.18. The Morgan fingerprint density at radius 2 is 2.20 bits per heavy atom. The normalized spacial score (nSPS) is 16.9. The van der Waals surface area contributed by atoms with E-state index in [1.807, 2.05) is 13.8 Å². The van der Waals surface area contributed by atoms with E-state index in [4.69, 9.17) is 5.73 Å². The lowest BCUT2D eigenvalue weighted by Gasteiger charge is -2.04. The lowest BCUT2D eigenvalue weighted by atomic mass is 10.2. The van der Waals surface area contributed by atoms with E-state index in [2.05, 4.69) is 10.3 Å². The van der Waals surface area contributed by atoms with Gasteiger partial charge in [-0.05, 0) is 19.3 Å². The van der Waals surface area contributed by atoms with Gasteiger partial charge in [-0.2, -0.15) is 0 Å². The smallest absolute Gasteiger partial charge is 0.220 e. The summed E-state index contributed by atoms with van der Waals surface area (Å²) in [5.41, 5.74) is 5.67. The number of hydrogen-bond acceptors (Lipinski definition) is 2. The Morgan fingerprint density at radius 1 is 1.53 bits per heavy atom. The second-order valence-electron chi connectivity index (χ2n) is 4.41. The van der Waals surface area contributed by atoms with Crippen LogP contribution in [0, 0.1) is 5.92 Å². The van der Waals surface area contributed by atoms with Gasteiger partial charge in [0, 0.05) is 24.9 Å². The average molecular weight is 211 g/mol. The first-order valence-electron chi connectivity index (χ1n) is 5.68. The predicted octanol–water partition coefficient (Wildman–Crippen LogP) is 1.06. The molecule has 1 aliphatic carbocycles. The molecule has 0 atom stereocenters. The molecule has 1 aliphatic rings. The van der Waals surface area contributed by atoms with Crippen molar-refractivity contribution in [2.75, 3.05) is 6.54 Å². The number of amides is 1. The molecule has 1 rings (SSSR count). The van der Waals surface area contributed by atoms with E-state index < -0.39 is 0 Å². The summed E-state index contributed by atoms with van der Waals surface area (Å²) in [6, 6.07) is 0.460. The van der Waals surface area contributed by atoms with Crippen molar-refractivity contribution in [2.45, 2.75) is 45.6 Å². The molecule has 0 aromatic rings. The molecule has 1 amide bonds. The van der Waals surface area contributed by atoms with Crippen LogP contribution in [0.5, 0.6) is 0 Å². The van der Waals surface area contributed by atoms with Crippen LogP contribution >= 0.6 is 0 Å². The van der Waals surface area contributed by atoms with E-state index in [-0.39, 0.29) is 5.91 Å². The fourth-order valence-electron chi connectivity index (χ4n) is 1.16. The molecule has 4 heteroatoms. The third-order valence-corrected chi connectivity index (χ3v) is 2.39. The minimum Gasteiger partial charge on any atom is -0.387 e. The van der Waals surface area contributed by atoms with Crippen molar-refractivity contribution in [2.24, 2.45) is 16.6 Å². The Kier molecular flexibility index (Phi) is 4.59. The Hall–Kier alpha value is -1.06. The van der Waals surface area contributed by atoms with Gasteiger partial charge in [0.15, 0.2) is 0 Å². The van der Waals surface area contributed by atoms with Crippen LogP contribution in [0.1, 0.15) is 39.5 Å². The van der Waals surface area contributed by atoms with Gasteiger partial charge in [0.2, 0.25) is 5.91 Å². The number of rotatable bonds is 6. The van der Waals surface area contributed by atoms with Crippen molar-refractivity contribution < 1.29 is 4.79 Å². The predicted molar refractivity (Wildman–Crippen MR) is 61.7 cm³/mol. The summed E-state index contributed by atoms with van der Waals surface area (Å²) in [6.07, 6.45) is 3.63. The maximum atomic E-state index is 11.3. The summed E-state index contributed by atoms with van der Waals surface area (Å²) in [6.45, 7) is 4.68. The second kappa shape index (κ2) is 5.73. The molecule has 3 N–H and O–H groups in total. The summed E-state index contributed by atoms with van der Waals surface area (Å²) < 4.78 is 0. The van der Waals surface area contributed by atoms with Crippen LogP contribution in [-0.4, -0.2) is 24.3 Å². The summed E-state index contributed by atoms with van der Waals surface area (Å²) >= 11 is 0. The fourth-order valence-corrected chi connectivity index (χ4v) is 1.16. The van der Waals surface area contributed by atoms with Crippen molar-refractivity contribution in [1.29, 1.82) is 0 Å². The van der Waals surface area contributed by atoms with Crippen molar-refractivity contribution >= 4 is 11.7 Å². The highest BCUT2D eigenvalue weighted by molar-refractivity contribution is 5.82. The van der Waals surface area contributed by atoms with Crippen LogP contribution in [0.15, 0.2) is 4.99 Å². The first kappa shape index (κ1) is 12.0. The maximum Gasteiger partial charge on any atom is 0.220 e. The van der Waals surface area contributed by atoms with E-state index in [9.17, 15) is 4.79 Å². The molecule has 15 heavy (non-hydrogen) atoms. The van der Waals surface area contributed by atoms with Crippen LogP contribution in [0.3, 0.4) is 0 Å². The van der Waals surface area contributed by atoms with Gasteiger partial charge in [0.25, 0.3) is 0 Å². The molecule has 4 nitrogen and oxygen atoms in total. The van der Waals surface area contributed by atoms with Gasteiger partial charge in [-0.15, -0.1) is 0 Å². The molecule has 0 bridgehead atoms. The van der Waals surface area contributed by atoms with Gasteiger partial charge in [-0.3, -0.25) is 9.79 Å². The molecule has 86 valence electrons. The van der Waals surface area contributed by atoms with Gasteiger partial charge in [0.1, 0.15) is 0 Å². The van der Waals surface area contributed by atoms with Crippen molar-refractivity contribution in [1.82, 2.24) is 5.32 Å². The van der Waals surface area contributed by atoms with E-state index in [1.54, 1.807) is 0 Å². The summed E-state index contributed by atoms with van der Waals surface area (Å²) in [7, 11) is 0. The van der Waals surface area contributed by atoms with Crippen molar-refractivity contribution in [3.63, 3.8) is 0 Å². The number of nitrogens with zero attached hydrogens (tertiary/aromatic N) is 1. The first-order valence-corrected chi connectivity index (χ1v) is 5.68. The fraction of sp³-hybridized carbons (Fsp3) is 0.818. The van der Waals surface area contributed by atoms with Gasteiger partial charge in [-0.1, -0.05) is 13.8 Å². The molecule has 0 saturated heterocycles. The standard InChI is InChI=1S/C11H21N3O/c1-8(2)11(12)13-7-3-4-10(15)14-9-5-6-9/h8-9H,3-7H2,1-2H3,(H2,12,13)(H,14,15). The molecule has 0 aromatic heterocycles. The SMILES string of the molecule is CC(C)C(N)=NCCCC(=O)NC1CC1. The summed E-state index contributed by atoms with van der Waals surface area (Å²) in [4.78, 5) is 15.5. The van der Waals surface area contributed by atoms with Gasteiger partial charge >= 0.3 is 0 Å². The third-order valence-electron chi connectivity index (χ3n) is 2.39. The van der Waals surface area contributed by atoms with Crippen LogP contribution in [0.25, 0.3) is 0 Å². The zero-order valence-corrected chi connectivity index (χ0v) is 9.62. The van der Waals surface area contributed by atoms with E-state index in [0.717, 1.165) is 19.3 Å². The van der Waals surface area contributed by atoms with E-state index >= 15 is 0 Å². The highest BCUT2D eigenvalue weighted by Gasteiger charge is 2.22. The maximum absolute atomic E-state index is 11.3. The zero-order chi connectivity index (χ0) is 11.3. The Morgan fingerprint density at radius 3 is 2.73 bits per heavy atom. The largest absolute Gasteiger partial charge is 0.387 e. The lowest BCUT2D eigenvalue weighted by Crippen LogP contribution is -2.25. The van der Waals surface area contributed by atoms with Crippen LogP contribution in [-0.2, 0) is 4.79 Å². The molecule has 0 spiro atoms. The second-order valence-corrected chi connectivity index (χ2v) is 4.41. The monoisotopic (exact) mass is 211 g/mol. The van der Waals surface area contributed by atoms with Crippen LogP contribution in [0.2, 0.25) is 0 Å². The minimum atomic E-state index is 0.149. The van der Waals surface area contributed by atoms with Crippen LogP contribution < -0.4 is 11.1 Å². The highest BCUT2D eigenvalue weighted by atomic mass is 16.1. The number of amidine groups is 1. The van der Waals surface area contributed by atoms with Crippen molar-refractivity contribution in [3.05, 3.63) is 0 Å². The molecule has 0 aliphatic heterocycles. The topological polar surface area (TPSA) is 67.5 Å². The Labute approximate surface area is 91.3 Å². The summed E-state index contributed by atoms with van der Waals surface area (Å²) in [5.74, 6) is 1.12. The summed E-state index contributed by atoms with van der Waals surface area (Å²) in [5, 5.41) is 2.95. The average Bonchev–Trinajstić information content (AvgIpc) is 2.95. The molecule has 0 radical (unpaired) electrons. The Balaban J connectivity index is 2.04. The Bertz CT molecular complexity index is 244. The molecule has 0 aromatic carbocycles. The van der Waals surface area contributed by atoms with Crippen molar-refractivity contribution in [3.8, 4) is 0 Å². The molecule has 1 fully saturated rings. The molecular formula is C11H21N3O. The lowest BCUT2D eigenvalue weighted by molar-refractivity contribution is -0.121. The van der Waals surface area contributed by atoms with Gasteiger partial charge in [0.05, 0.1) is 5.84 Å². The van der Waals surface area contributed by atoms with Gasteiger partial charge in [-0.25, -0.2) is 0 Å². The van der Waals surface area contributed by atoms with Gasteiger partial charge < -0.3 is 11.1 Å². The van der Waals surface area contributed by atoms with Crippen LogP contribution in [0.4, 0.5) is 0 Å². The minimum absolute atomic E-state index is 0.149. The number of hydrogen-bond donors (Lipinski definition) is 2. The number of carbonyl (C=O) groups is 1. The number of nitrogens with one attached hydrogen (secondary N) is 1. The number of carbonyl (C=O) groups excluding carboxylic acids is 1. The third kappa shape index (κ3) is 5.40. The molecule has 1 saturated carbocycles. The number of aliphatic imine (C=N–C) groups is 1. The van der Waals surface area contributed by atoms with E-state index in [1.165, 1.54) is 0 Å². The number of nitrogens with two attached hydrogens (primary N) is 1. The molecular weight excluding hydrogens is 190 g/mol. The molecule has 0 heterocycles. The first-order chi connectivity index (χ1) is 7.09. The quantitative estimate of drug-likeness (QED) is 0.392. The van der Waals surface area contributed by atoms with E-state index in [0.29, 0.717) is 30.8 Å². The zero-order valence-electron chi connectivity index (χ0n) is 9.62. The molecule has 0 unspecified atom stereocenters.